The molecule has 142 valence electrons. The third kappa shape index (κ3) is 5.11. The first-order chi connectivity index (χ1) is 13.5. The molecular formula is C22H20N2O4. The summed E-state index contributed by atoms with van der Waals surface area (Å²) in [5.74, 6) is -0.305. The molecule has 0 aliphatic heterocycles. The number of amides is 1. The minimum atomic E-state index is -0.628. The van der Waals surface area contributed by atoms with E-state index in [-0.39, 0.29) is 17.1 Å². The molecule has 0 aromatic heterocycles. The molecule has 0 aliphatic carbocycles. The van der Waals surface area contributed by atoms with Gasteiger partial charge in [0, 0.05) is 0 Å². The summed E-state index contributed by atoms with van der Waals surface area (Å²) < 4.78 is 5.79. The first-order valence-corrected chi connectivity index (χ1v) is 8.65. The van der Waals surface area contributed by atoms with Crippen molar-refractivity contribution >= 4 is 12.1 Å². The Balaban J connectivity index is 1.59. The van der Waals surface area contributed by atoms with Crippen LogP contribution in [0.4, 0.5) is 0 Å². The van der Waals surface area contributed by atoms with Crippen LogP contribution in [0.15, 0.2) is 71.8 Å². The van der Waals surface area contributed by atoms with Crippen LogP contribution in [0.5, 0.6) is 17.2 Å². The summed E-state index contributed by atoms with van der Waals surface area (Å²) >= 11 is 0. The Bertz CT molecular complexity index is 998. The van der Waals surface area contributed by atoms with E-state index in [0.29, 0.717) is 12.4 Å². The van der Waals surface area contributed by atoms with Gasteiger partial charge in [-0.2, -0.15) is 5.10 Å². The Morgan fingerprint density at radius 3 is 2.64 bits per heavy atom. The summed E-state index contributed by atoms with van der Waals surface area (Å²) in [4.78, 5) is 12.0. The standard InChI is InChI=1S/C22H20N2O4/c1-15-5-7-16(8-6-15)14-28-19-4-2-3-17(11-19)13-23-24-22(27)20-12-18(25)9-10-21(20)26/h2-13,25-26H,14H2,1H3,(H,24,27). The molecule has 6 heteroatoms. The molecule has 0 radical (unpaired) electrons. The maximum Gasteiger partial charge on any atom is 0.275 e. The maximum absolute atomic E-state index is 12.0. The number of benzene rings is 3. The lowest BCUT2D eigenvalue weighted by molar-refractivity contribution is 0.0952. The van der Waals surface area contributed by atoms with Gasteiger partial charge in [-0.15, -0.1) is 0 Å². The summed E-state index contributed by atoms with van der Waals surface area (Å²) in [6.07, 6.45) is 1.47. The second kappa shape index (κ2) is 8.73. The molecule has 0 heterocycles. The highest BCUT2D eigenvalue weighted by molar-refractivity contribution is 5.97. The maximum atomic E-state index is 12.0. The summed E-state index contributed by atoms with van der Waals surface area (Å²) in [7, 11) is 0. The average Bonchev–Trinajstić information content (AvgIpc) is 2.69. The van der Waals surface area contributed by atoms with Crippen LogP contribution in [-0.2, 0) is 6.61 Å². The largest absolute Gasteiger partial charge is 0.508 e. The van der Waals surface area contributed by atoms with E-state index in [0.717, 1.165) is 11.1 Å². The number of hydrogen-bond acceptors (Lipinski definition) is 5. The molecule has 0 unspecified atom stereocenters. The minimum Gasteiger partial charge on any atom is -0.508 e. The van der Waals surface area contributed by atoms with Gasteiger partial charge in [0.1, 0.15) is 23.9 Å². The number of phenols is 2. The van der Waals surface area contributed by atoms with Gasteiger partial charge in [-0.25, -0.2) is 5.43 Å². The van der Waals surface area contributed by atoms with Crippen LogP contribution < -0.4 is 10.2 Å². The van der Waals surface area contributed by atoms with Crippen molar-refractivity contribution in [2.75, 3.05) is 0 Å². The quantitative estimate of drug-likeness (QED) is 0.347. The molecule has 6 nitrogen and oxygen atoms in total. The van der Waals surface area contributed by atoms with E-state index in [4.69, 9.17) is 4.74 Å². The Labute approximate surface area is 162 Å². The van der Waals surface area contributed by atoms with Gasteiger partial charge in [-0.3, -0.25) is 4.79 Å². The first kappa shape index (κ1) is 19.0. The monoisotopic (exact) mass is 376 g/mol. The van der Waals surface area contributed by atoms with E-state index >= 15 is 0 Å². The fraction of sp³-hybridized carbons (Fsp3) is 0.0909. The molecule has 0 atom stereocenters. The highest BCUT2D eigenvalue weighted by atomic mass is 16.5. The van der Waals surface area contributed by atoms with Crippen LogP contribution in [-0.4, -0.2) is 22.3 Å². The van der Waals surface area contributed by atoms with Crippen molar-refractivity contribution in [3.63, 3.8) is 0 Å². The number of aromatic hydroxyl groups is 2. The molecule has 0 bridgehead atoms. The zero-order chi connectivity index (χ0) is 19.9. The van der Waals surface area contributed by atoms with Gasteiger partial charge < -0.3 is 14.9 Å². The molecule has 28 heavy (non-hydrogen) atoms. The average molecular weight is 376 g/mol. The molecule has 0 spiro atoms. The summed E-state index contributed by atoms with van der Waals surface area (Å²) in [6.45, 7) is 2.49. The third-order valence-electron chi connectivity index (χ3n) is 3.99. The van der Waals surface area contributed by atoms with Crippen molar-refractivity contribution in [3.05, 3.63) is 89.0 Å². The number of carbonyl (C=O) groups excluding carboxylic acids is 1. The number of hydrazone groups is 1. The number of aryl methyl sites for hydroxylation is 1. The molecule has 0 saturated heterocycles. The van der Waals surface area contributed by atoms with Crippen LogP contribution >= 0.6 is 0 Å². The zero-order valence-corrected chi connectivity index (χ0v) is 15.3. The van der Waals surface area contributed by atoms with Gasteiger partial charge in [-0.05, 0) is 48.4 Å². The highest BCUT2D eigenvalue weighted by Gasteiger charge is 2.11. The highest BCUT2D eigenvalue weighted by Crippen LogP contribution is 2.21. The van der Waals surface area contributed by atoms with Crippen LogP contribution in [0.3, 0.4) is 0 Å². The Morgan fingerprint density at radius 2 is 1.86 bits per heavy atom. The number of rotatable bonds is 6. The number of phenolic OH excluding ortho intramolecular Hbond substituents is 2. The van der Waals surface area contributed by atoms with E-state index in [2.05, 4.69) is 10.5 Å². The molecule has 0 saturated carbocycles. The van der Waals surface area contributed by atoms with Crippen molar-refractivity contribution in [1.29, 1.82) is 0 Å². The van der Waals surface area contributed by atoms with Gasteiger partial charge in [0.25, 0.3) is 5.91 Å². The summed E-state index contributed by atoms with van der Waals surface area (Å²) in [5, 5.41) is 23.0. The van der Waals surface area contributed by atoms with Crippen LogP contribution in [0, 0.1) is 6.92 Å². The molecule has 0 fully saturated rings. The predicted molar refractivity (Wildman–Crippen MR) is 107 cm³/mol. The molecule has 0 aliphatic rings. The number of carbonyl (C=O) groups is 1. The fourth-order valence-corrected chi connectivity index (χ4v) is 2.47. The normalized spacial score (nSPS) is 10.8. The lowest BCUT2D eigenvalue weighted by Gasteiger charge is -2.07. The van der Waals surface area contributed by atoms with Gasteiger partial charge in [0.2, 0.25) is 0 Å². The van der Waals surface area contributed by atoms with E-state index in [1.54, 1.807) is 6.07 Å². The SMILES string of the molecule is Cc1ccc(COc2cccc(C=NNC(=O)c3cc(O)ccc3O)c2)cc1. The molecule has 3 aromatic carbocycles. The van der Waals surface area contributed by atoms with E-state index in [9.17, 15) is 15.0 Å². The molecule has 1 amide bonds. The smallest absolute Gasteiger partial charge is 0.275 e. The lowest BCUT2D eigenvalue weighted by Crippen LogP contribution is -2.17. The van der Waals surface area contributed by atoms with E-state index < -0.39 is 5.91 Å². The van der Waals surface area contributed by atoms with Crippen LogP contribution in [0.25, 0.3) is 0 Å². The van der Waals surface area contributed by atoms with Crippen molar-refractivity contribution in [1.82, 2.24) is 5.43 Å². The number of ether oxygens (including phenoxy) is 1. The van der Waals surface area contributed by atoms with Gasteiger partial charge in [0.05, 0.1) is 11.8 Å². The predicted octanol–water partition coefficient (Wildman–Crippen LogP) is 3.75. The number of nitrogens with zero attached hydrogens (tertiary/aromatic N) is 1. The van der Waals surface area contributed by atoms with Gasteiger partial charge in [0.15, 0.2) is 0 Å². The van der Waals surface area contributed by atoms with Crippen molar-refractivity contribution < 1.29 is 19.7 Å². The lowest BCUT2D eigenvalue weighted by atomic mass is 10.2. The first-order valence-electron chi connectivity index (χ1n) is 8.65. The fourth-order valence-electron chi connectivity index (χ4n) is 2.47. The van der Waals surface area contributed by atoms with Crippen LogP contribution in [0.2, 0.25) is 0 Å². The van der Waals surface area contributed by atoms with Gasteiger partial charge in [-0.1, -0.05) is 42.0 Å². The zero-order valence-electron chi connectivity index (χ0n) is 15.3. The second-order valence-electron chi connectivity index (χ2n) is 6.25. The van der Waals surface area contributed by atoms with Crippen molar-refractivity contribution in [3.8, 4) is 17.2 Å². The topological polar surface area (TPSA) is 91.2 Å². The van der Waals surface area contributed by atoms with Crippen LogP contribution in [0.1, 0.15) is 27.0 Å². The number of nitrogens with one attached hydrogen (secondary N) is 1. The molecule has 3 rings (SSSR count). The third-order valence-corrected chi connectivity index (χ3v) is 3.99. The van der Waals surface area contributed by atoms with Gasteiger partial charge >= 0.3 is 0 Å². The van der Waals surface area contributed by atoms with Crippen molar-refractivity contribution in [2.24, 2.45) is 5.10 Å². The minimum absolute atomic E-state index is 0.0627. The second-order valence-corrected chi connectivity index (χ2v) is 6.25. The summed E-state index contributed by atoms with van der Waals surface area (Å²) in [5.41, 5.74) is 5.26. The molecule has 3 N–H and O–H groups in total. The summed E-state index contributed by atoms with van der Waals surface area (Å²) in [6, 6.07) is 19.1. The molecule has 3 aromatic rings. The van der Waals surface area contributed by atoms with E-state index in [1.807, 2.05) is 49.4 Å². The Morgan fingerprint density at radius 1 is 1.07 bits per heavy atom. The van der Waals surface area contributed by atoms with Crippen molar-refractivity contribution in [2.45, 2.75) is 13.5 Å². The Kier molecular flexibility index (Phi) is 5.91. The molecular weight excluding hydrogens is 356 g/mol. The van der Waals surface area contributed by atoms with E-state index in [1.165, 1.54) is 30.0 Å². The Hall–Kier alpha value is -3.80. The number of hydrogen-bond donors (Lipinski definition) is 3.